The zero-order valence-corrected chi connectivity index (χ0v) is 13.1. The molecule has 3 rings (SSSR count). The number of fused-ring (bicyclic) bond motifs is 3. The lowest BCUT2D eigenvalue weighted by molar-refractivity contribution is -0.616. The third-order valence-electron chi connectivity index (χ3n) is 3.07. The Kier molecular flexibility index (Phi) is 3.54. The molecule has 0 bridgehead atoms. The van der Waals surface area contributed by atoms with Gasteiger partial charge in [-0.1, -0.05) is 11.3 Å². The fourth-order valence-corrected chi connectivity index (χ4v) is 3.17. The number of thiazole rings is 1. The molecule has 2 nitrogen and oxygen atoms in total. The summed E-state index contributed by atoms with van der Waals surface area (Å²) in [6, 6.07) is 3.86. The SMILES string of the molecule is Cc1csc2n1c1cc(C(F)(F)F)ccc1[n+]2C.[I-]. The predicted molar refractivity (Wildman–Crippen MR) is 63.7 cm³/mol. The fraction of sp³-hybridized carbons (Fsp3) is 0.250. The number of imidazole rings is 1. The van der Waals surface area contributed by atoms with Crippen molar-refractivity contribution in [3.8, 4) is 0 Å². The minimum absolute atomic E-state index is 0. The van der Waals surface area contributed by atoms with Crippen molar-refractivity contribution >= 4 is 27.3 Å². The molecule has 0 fully saturated rings. The highest BCUT2D eigenvalue weighted by molar-refractivity contribution is 7.14. The standard InChI is InChI=1S/C12H10F3N2S.HI/c1-7-6-18-11-16(2)9-4-3-8(12(13,14)15)5-10(9)17(7)11;/h3-6H,1-2H3;1H/q+1;/p-1. The van der Waals surface area contributed by atoms with Gasteiger partial charge >= 0.3 is 11.1 Å². The van der Waals surface area contributed by atoms with E-state index in [0.29, 0.717) is 5.52 Å². The van der Waals surface area contributed by atoms with Gasteiger partial charge in [0.1, 0.15) is 5.69 Å². The molecule has 3 aromatic rings. The summed E-state index contributed by atoms with van der Waals surface area (Å²) in [7, 11) is 1.86. The maximum Gasteiger partial charge on any atom is 0.416 e. The molecule has 0 aliphatic heterocycles. The molecule has 0 aliphatic rings. The van der Waals surface area contributed by atoms with Gasteiger partial charge in [0.2, 0.25) is 0 Å². The van der Waals surface area contributed by atoms with E-state index in [9.17, 15) is 13.2 Å². The number of halogens is 4. The van der Waals surface area contributed by atoms with Crippen molar-refractivity contribution < 1.29 is 41.7 Å². The van der Waals surface area contributed by atoms with E-state index in [-0.39, 0.29) is 24.0 Å². The maximum absolute atomic E-state index is 12.7. The Morgan fingerprint density at radius 2 is 1.95 bits per heavy atom. The largest absolute Gasteiger partial charge is 1.00 e. The van der Waals surface area contributed by atoms with Crippen molar-refractivity contribution in [2.24, 2.45) is 7.05 Å². The highest BCUT2D eigenvalue weighted by atomic mass is 127. The number of aryl methyl sites for hydroxylation is 2. The van der Waals surface area contributed by atoms with E-state index in [1.54, 1.807) is 0 Å². The third kappa shape index (κ3) is 2.12. The highest BCUT2D eigenvalue weighted by Crippen LogP contribution is 2.32. The molecule has 0 aliphatic carbocycles. The molecule has 0 radical (unpaired) electrons. The second kappa shape index (κ2) is 4.62. The van der Waals surface area contributed by atoms with Gasteiger partial charge in [-0.25, -0.2) is 4.57 Å². The summed E-state index contributed by atoms with van der Waals surface area (Å²) in [4.78, 5) is 0.932. The molecule has 7 heteroatoms. The van der Waals surface area contributed by atoms with Gasteiger partial charge in [-0.2, -0.15) is 17.6 Å². The van der Waals surface area contributed by atoms with Gasteiger partial charge in [-0.15, -0.1) is 0 Å². The van der Waals surface area contributed by atoms with Crippen LogP contribution in [0.4, 0.5) is 13.2 Å². The van der Waals surface area contributed by atoms with Crippen LogP contribution < -0.4 is 28.5 Å². The van der Waals surface area contributed by atoms with Crippen LogP contribution in [0.25, 0.3) is 16.0 Å². The van der Waals surface area contributed by atoms with Crippen LogP contribution >= 0.6 is 11.3 Å². The van der Waals surface area contributed by atoms with Gasteiger partial charge < -0.3 is 24.0 Å². The summed E-state index contributed by atoms with van der Waals surface area (Å²) in [5.41, 5.74) is 1.74. The van der Waals surface area contributed by atoms with Crippen LogP contribution in [0.5, 0.6) is 0 Å². The zero-order chi connectivity index (χ0) is 13.1. The molecule has 0 saturated heterocycles. The number of hydrogen-bond acceptors (Lipinski definition) is 1. The highest BCUT2D eigenvalue weighted by Gasteiger charge is 2.32. The van der Waals surface area contributed by atoms with Gasteiger partial charge in [-0.05, 0) is 19.1 Å². The molecule has 1 aromatic carbocycles. The molecule has 0 amide bonds. The maximum atomic E-state index is 12.7. The average Bonchev–Trinajstić information content (AvgIpc) is 2.79. The van der Waals surface area contributed by atoms with E-state index < -0.39 is 11.7 Å². The first kappa shape index (κ1) is 14.6. The molecule has 2 heterocycles. The minimum atomic E-state index is -4.30. The van der Waals surface area contributed by atoms with Gasteiger partial charge in [0.25, 0.3) is 0 Å². The number of hydrogen-bond donors (Lipinski definition) is 0. The molecule has 0 saturated carbocycles. The number of benzene rings is 1. The average molecular weight is 398 g/mol. The summed E-state index contributed by atoms with van der Waals surface area (Å²) in [6.45, 7) is 1.89. The molecular weight excluding hydrogens is 388 g/mol. The van der Waals surface area contributed by atoms with Crippen LogP contribution in [0, 0.1) is 6.92 Å². The monoisotopic (exact) mass is 398 g/mol. The first-order valence-corrected chi connectivity index (χ1v) is 6.23. The lowest BCUT2D eigenvalue weighted by Gasteiger charge is -2.04. The van der Waals surface area contributed by atoms with Crippen molar-refractivity contribution in [2.45, 2.75) is 13.1 Å². The Bertz CT molecular complexity index is 758. The van der Waals surface area contributed by atoms with E-state index in [1.807, 2.05) is 28.3 Å². The summed E-state index contributed by atoms with van der Waals surface area (Å²) in [5.74, 6) is 0. The Balaban J connectivity index is 0.00000133. The van der Waals surface area contributed by atoms with Crippen LogP contribution in [-0.4, -0.2) is 4.40 Å². The quantitative estimate of drug-likeness (QED) is 0.381. The molecule has 0 spiro atoms. The number of aromatic nitrogens is 2. The van der Waals surface area contributed by atoms with E-state index in [0.717, 1.165) is 22.2 Å². The second-order valence-electron chi connectivity index (χ2n) is 4.26. The van der Waals surface area contributed by atoms with E-state index in [2.05, 4.69) is 0 Å². The first-order chi connectivity index (χ1) is 8.39. The lowest BCUT2D eigenvalue weighted by Crippen LogP contribution is -3.00. The van der Waals surface area contributed by atoms with E-state index in [1.165, 1.54) is 23.5 Å². The summed E-state index contributed by atoms with van der Waals surface area (Å²) >= 11 is 1.52. The Hall–Kier alpha value is -0.830. The summed E-state index contributed by atoms with van der Waals surface area (Å²) in [6.07, 6.45) is -4.30. The van der Waals surface area contributed by atoms with Gasteiger partial charge in [0.05, 0.1) is 12.6 Å². The Morgan fingerprint density at radius 1 is 1.26 bits per heavy atom. The molecule has 102 valence electrons. The van der Waals surface area contributed by atoms with Crippen LogP contribution in [0.2, 0.25) is 0 Å². The molecule has 0 N–H and O–H groups in total. The second-order valence-corrected chi connectivity index (χ2v) is 5.09. The Labute approximate surface area is 128 Å². The predicted octanol–water partition coefficient (Wildman–Crippen LogP) is 0.310. The molecule has 2 aromatic heterocycles. The van der Waals surface area contributed by atoms with Crippen molar-refractivity contribution in [2.75, 3.05) is 0 Å². The minimum Gasteiger partial charge on any atom is -1.00 e. The fourth-order valence-electron chi connectivity index (χ4n) is 2.18. The first-order valence-electron chi connectivity index (χ1n) is 5.35. The number of rotatable bonds is 0. The van der Waals surface area contributed by atoms with Crippen molar-refractivity contribution in [3.05, 3.63) is 34.8 Å². The molecule has 0 atom stereocenters. The lowest BCUT2D eigenvalue weighted by atomic mass is 10.2. The van der Waals surface area contributed by atoms with Crippen molar-refractivity contribution in [1.82, 2.24) is 4.40 Å². The normalized spacial score (nSPS) is 12.1. The van der Waals surface area contributed by atoms with E-state index >= 15 is 0 Å². The van der Waals surface area contributed by atoms with Crippen molar-refractivity contribution in [3.63, 3.8) is 0 Å². The van der Waals surface area contributed by atoms with Gasteiger partial charge in [0, 0.05) is 11.4 Å². The number of nitrogens with zero attached hydrogens (tertiary/aromatic N) is 2. The Morgan fingerprint density at radius 3 is 2.58 bits per heavy atom. The van der Waals surface area contributed by atoms with Crippen LogP contribution in [0.15, 0.2) is 23.6 Å². The van der Waals surface area contributed by atoms with Crippen LogP contribution in [-0.2, 0) is 13.2 Å². The van der Waals surface area contributed by atoms with Gasteiger partial charge in [-0.3, -0.25) is 0 Å². The smallest absolute Gasteiger partial charge is 0.416 e. The summed E-state index contributed by atoms with van der Waals surface area (Å²) < 4.78 is 42.0. The molecular formula is C12H10F3IN2S. The van der Waals surface area contributed by atoms with Crippen LogP contribution in [0.3, 0.4) is 0 Å². The molecule has 0 unspecified atom stereocenters. The third-order valence-corrected chi connectivity index (χ3v) is 4.20. The molecule has 19 heavy (non-hydrogen) atoms. The number of alkyl halides is 3. The van der Waals surface area contributed by atoms with Gasteiger partial charge in [0.15, 0.2) is 11.0 Å². The topological polar surface area (TPSA) is 8.29 Å². The van der Waals surface area contributed by atoms with Crippen molar-refractivity contribution in [1.29, 1.82) is 0 Å². The zero-order valence-electron chi connectivity index (χ0n) is 10.1. The summed E-state index contributed by atoms with van der Waals surface area (Å²) in [5, 5.41) is 1.94. The van der Waals surface area contributed by atoms with E-state index in [4.69, 9.17) is 0 Å². The van der Waals surface area contributed by atoms with Crippen LogP contribution in [0.1, 0.15) is 11.3 Å².